The molecular weight excluding hydrogens is 230 g/mol. The standard InChI is InChI=1S/C11H10ClNOS/c1-15-10-4-2-8(3-5-10)11-13-9(6-12)7-14-11/h2-5,7H,6H2,1H3. The molecule has 0 aliphatic carbocycles. The molecule has 0 atom stereocenters. The normalized spacial score (nSPS) is 10.5. The van der Waals surface area contributed by atoms with Gasteiger partial charge in [-0.1, -0.05) is 0 Å². The Morgan fingerprint density at radius 1 is 1.33 bits per heavy atom. The van der Waals surface area contributed by atoms with Gasteiger partial charge in [0, 0.05) is 10.5 Å². The second-order valence-corrected chi connectivity index (χ2v) is 4.15. The van der Waals surface area contributed by atoms with Crippen molar-refractivity contribution in [2.75, 3.05) is 6.26 Å². The van der Waals surface area contributed by atoms with Crippen LogP contribution in [-0.2, 0) is 5.88 Å². The molecule has 2 aromatic rings. The van der Waals surface area contributed by atoms with Crippen molar-refractivity contribution in [3.63, 3.8) is 0 Å². The quantitative estimate of drug-likeness (QED) is 0.602. The summed E-state index contributed by atoms with van der Waals surface area (Å²) in [6.45, 7) is 0. The van der Waals surface area contributed by atoms with E-state index in [1.54, 1.807) is 18.0 Å². The monoisotopic (exact) mass is 239 g/mol. The van der Waals surface area contributed by atoms with Crippen LogP contribution in [0.15, 0.2) is 39.8 Å². The summed E-state index contributed by atoms with van der Waals surface area (Å²) in [5, 5.41) is 0. The molecule has 1 aromatic heterocycles. The fourth-order valence-electron chi connectivity index (χ4n) is 1.23. The van der Waals surface area contributed by atoms with Crippen LogP contribution in [0.1, 0.15) is 5.69 Å². The van der Waals surface area contributed by atoms with E-state index in [-0.39, 0.29) is 0 Å². The molecule has 0 fully saturated rings. The number of hydrogen-bond acceptors (Lipinski definition) is 3. The molecule has 1 heterocycles. The lowest BCUT2D eigenvalue weighted by Crippen LogP contribution is -1.80. The topological polar surface area (TPSA) is 26.0 Å². The van der Waals surface area contributed by atoms with Crippen molar-refractivity contribution in [3.05, 3.63) is 36.2 Å². The summed E-state index contributed by atoms with van der Waals surface area (Å²) < 4.78 is 5.31. The molecule has 0 aliphatic heterocycles. The van der Waals surface area contributed by atoms with Crippen LogP contribution < -0.4 is 0 Å². The van der Waals surface area contributed by atoms with Crippen LogP contribution in [0.3, 0.4) is 0 Å². The summed E-state index contributed by atoms with van der Waals surface area (Å²) in [6.07, 6.45) is 3.64. The Bertz CT molecular complexity index is 438. The molecule has 0 spiro atoms. The Balaban J connectivity index is 2.28. The average Bonchev–Trinajstić information content (AvgIpc) is 2.78. The first-order chi connectivity index (χ1) is 7.33. The molecule has 4 heteroatoms. The second kappa shape index (κ2) is 4.73. The smallest absolute Gasteiger partial charge is 0.226 e. The van der Waals surface area contributed by atoms with Crippen LogP contribution in [0, 0.1) is 0 Å². The molecule has 0 amide bonds. The van der Waals surface area contributed by atoms with E-state index < -0.39 is 0 Å². The zero-order valence-electron chi connectivity index (χ0n) is 8.24. The van der Waals surface area contributed by atoms with E-state index in [4.69, 9.17) is 16.0 Å². The second-order valence-electron chi connectivity index (χ2n) is 3.01. The molecule has 1 aromatic carbocycles. The molecule has 0 bridgehead atoms. The summed E-state index contributed by atoms with van der Waals surface area (Å²) in [5.41, 5.74) is 1.74. The van der Waals surface area contributed by atoms with E-state index in [9.17, 15) is 0 Å². The molecule has 0 saturated heterocycles. The first-order valence-electron chi connectivity index (χ1n) is 4.48. The molecule has 0 radical (unpaired) electrons. The number of halogens is 1. The van der Waals surface area contributed by atoms with Crippen molar-refractivity contribution < 1.29 is 4.42 Å². The number of rotatable bonds is 3. The van der Waals surface area contributed by atoms with E-state index in [2.05, 4.69) is 4.98 Å². The zero-order valence-corrected chi connectivity index (χ0v) is 9.81. The molecule has 2 rings (SSSR count). The molecule has 78 valence electrons. The Hall–Kier alpha value is -0.930. The van der Waals surface area contributed by atoms with Crippen LogP contribution in [-0.4, -0.2) is 11.2 Å². The first-order valence-corrected chi connectivity index (χ1v) is 6.24. The lowest BCUT2D eigenvalue weighted by Gasteiger charge is -1.97. The van der Waals surface area contributed by atoms with Gasteiger partial charge in [-0.15, -0.1) is 23.4 Å². The van der Waals surface area contributed by atoms with Gasteiger partial charge < -0.3 is 4.42 Å². The molecular formula is C11H10ClNOS. The van der Waals surface area contributed by atoms with Crippen molar-refractivity contribution in [1.82, 2.24) is 4.98 Å². The third kappa shape index (κ3) is 2.36. The molecule has 0 unspecified atom stereocenters. The van der Waals surface area contributed by atoms with E-state index in [0.29, 0.717) is 11.8 Å². The largest absolute Gasteiger partial charge is 0.444 e. The number of benzene rings is 1. The van der Waals surface area contributed by atoms with Crippen LogP contribution in [0.4, 0.5) is 0 Å². The molecule has 15 heavy (non-hydrogen) atoms. The number of hydrogen-bond donors (Lipinski definition) is 0. The number of alkyl halides is 1. The van der Waals surface area contributed by atoms with Crippen LogP contribution in [0.25, 0.3) is 11.5 Å². The van der Waals surface area contributed by atoms with Gasteiger partial charge in [0.15, 0.2) is 0 Å². The summed E-state index contributed by atoms with van der Waals surface area (Å²) in [7, 11) is 0. The minimum Gasteiger partial charge on any atom is -0.444 e. The maximum Gasteiger partial charge on any atom is 0.226 e. The van der Waals surface area contributed by atoms with Gasteiger partial charge >= 0.3 is 0 Å². The predicted octanol–water partition coefficient (Wildman–Crippen LogP) is 3.80. The molecule has 0 saturated carbocycles. The SMILES string of the molecule is CSc1ccc(-c2nc(CCl)co2)cc1. The van der Waals surface area contributed by atoms with E-state index in [1.807, 2.05) is 30.5 Å². The van der Waals surface area contributed by atoms with Crippen molar-refractivity contribution in [1.29, 1.82) is 0 Å². The Kier molecular flexibility index (Phi) is 3.34. The van der Waals surface area contributed by atoms with E-state index in [0.717, 1.165) is 11.3 Å². The maximum absolute atomic E-state index is 5.65. The first kappa shape index (κ1) is 10.6. The van der Waals surface area contributed by atoms with E-state index >= 15 is 0 Å². The van der Waals surface area contributed by atoms with Gasteiger partial charge in [-0.25, -0.2) is 4.98 Å². The molecule has 0 aliphatic rings. The zero-order chi connectivity index (χ0) is 10.7. The number of nitrogens with zero attached hydrogens (tertiary/aromatic N) is 1. The maximum atomic E-state index is 5.65. The Morgan fingerprint density at radius 3 is 2.60 bits per heavy atom. The lowest BCUT2D eigenvalue weighted by molar-refractivity contribution is 0.573. The minimum absolute atomic E-state index is 0.381. The van der Waals surface area contributed by atoms with Crippen LogP contribution in [0.5, 0.6) is 0 Å². The van der Waals surface area contributed by atoms with Gasteiger partial charge in [-0.2, -0.15) is 0 Å². The van der Waals surface area contributed by atoms with Gasteiger partial charge in [-0.05, 0) is 30.5 Å². The Labute approximate surface area is 97.7 Å². The van der Waals surface area contributed by atoms with Gasteiger partial charge in [0.2, 0.25) is 5.89 Å². The van der Waals surface area contributed by atoms with Gasteiger partial charge in [0.05, 0.1) is 11.6 Å². The highest BCUT2D eigenvalue weighted by molar-refractivity contribution is 7.98. The average molecular weight is 240 g/mol. The highest BCUT2D eigenvalue weighted by atomic mass is 35.5. The fraction of sp³-hybridized carbons (Fsp3) is 0.182. The third-order valence-corrected chi connectivity index (χ3v) is 3.04. The lowest BCUT2D eigenvalue weighted by atomic mass is 10.2. The van der Waals surface area contributed by atoms with Crippen molar-refractivity contribution in [2.45, 2.75) is 10.8 Å². The van der Waals surface area contributed by atoms with Crippen LogP contribution in [0.2, 0.25) is 0 Å². The summed E-state index contributed by atoms with van der Waals surface area (Å²) in [5.74, 6) is 1.00. The molecule has 0 N–H and O–H groups in total. The van der Waals surface area contributed by atoms with Crippen molar-refractivity contribution >= 4 is 23.4 Å². The highest BCUT2D eigenvalue weighted by Gasteiger charge is 2.05. The molecule has 2 nitrogen and oxygen atoms in total. The summed E-state index contributed by atoms with van der Waals surface area (Å²) in [4.78, 5) is 5.47. The third-order valence-electron chi connectivity index (χ3n) is 2.03. The fourth-order valence-corrected chi connectivity index (χ4v) is 1.77. The van der Waals surface area contributed by atoms with Crippen LogP contribution >= 0.6 is 23.4 Å². The number of oxazole rings is 1. The van der Waals surface area contributed by atoms with Crippen molar-refractivity contribution in [3.8, 4) is 11.5 Å². The summed E-state index contributed by atoms with van der Waals surface area (Å²) >= 11 is 7.36. The van der Waals surface area contributed by atoms with Gasteiger partial charge in [0.25, 0.3) is 0 Å². The minimum atomic E-state index is 0.381. The number of aromatic nitrogens is 1. The van der Waals surface area contributed by atoms with Gasteiger partial charge in [-0.3, -0.25) is 0 Å². The number of thioether (sulfide) groups is 1. The van der Waals surface area contributed by atoms with Gasteiger partial charge in [0.1, 0.15) is 6.26 Å². The van der Waals surface area contributed by atoms with Crippen molar-refractivity contribution in [2.24, 2.45) is 0 Å². The predicted molar refractivity (Wildman–Crippen MR) is 63.3 cm³/mol. The Morgan fingerprint density at radius 2 is 2.07 bits per heavy atom. The summed E-state index contributed by atoms with van der Waals surface area (Å²) in [6, 6.07) is 8.08. The highest BCUT2D eigenvalue weighted by Crippen LogP contribution is 2.22. The van der Waals surface area contributed by atoms with E-state index in [1.165, 1.54) is 4.90 Å².